The molecule has 0 amide bonds. The second kappa shape index (κ2) is 7.49. The number of fused-ring (bicyclic) bond motifs is 5. The SMILES string of the molecule is CN1[C@@H]2CC(OC(=O)[C@H](CO)c3ccccc3)C[C@H]1[C@@H]1O[C@@H]12.O.[Br-]. The summed E-state index contributed by atoms with van der Waals surface area (Å²) in [4.78, 5) is 14.8. The Hall–Kier alpha value is -0.990. The van der Waals surface area contributed by atoms with Crippen LogP contribution in [0.15, 0.2) is 30.3 Å². The van der Waals surface area contributed by atoms with Crippen LogP contribution in [0, 0.1) is 0 Å². The van der Waals surface area contributed by atoms with Gasteiger partial charge in [-0.1, -0.05) is 30.3 Å². The van der Waals surface area contributed by atoms with Crippen LogP contribution in [0.2, 0.25) is 0 Å². The van der Waals surface area contributed by atoms with E-state index in [1.54, 1.807) is 0 Å². The molecule has 3 heterocycles. The number of carbonyl (C=O) groups is 1. The number of likely N-dealkylation sites (N-methyl/N-ethyl adjacent to an activating group) is 1. The zero-order valence-corrected chi connectivity index (χ0v) is 15.1. The standard InChI is InChI=1S/C17H21NO4.BrH.H2O/c1-18-13-7-11(8-14(18)16-15(13)22-16)21-17(20)12(9-19)10-5-3-2-4-6-10;;/h2-6,11-16,19H,7-9H2,1H3;1H;1H2/p-1/t11?,12-,13-,14+,15-,16+;;/m1../s1. The van der Waals surface area contributed by atoms with E-state index in [0.717, 1.165) is 18.4 Å². The van der Waals surface area contributed by atoms with Crippen molar-refractivity contribution in [3.63, 3.8) is 0 Å². The quantitative estimate of drug-likeness (QED) is 0.432. The van der Waals surface area contributed by atoms with Crippen molar-refractivity contribution in [2.75, 3.05) is 13.7 Å². The lowest BCUT2D eigenvalue weighted by molar-refractivity contribution is -0.156. The summed E-state index contributed by atoms with van der Waals surface area (Å²) in [6.07, 6.45) is 2.26. The fourth-order valence-corrected chi connectivity index (χ4v) is 4.04. The van der Waals surface area contributed by atoms with Crippen molar-refractivity contribution < 1.29 is 41.8 Å². The molecule has 3 fully saturated rings. The fourth-order valence-electron chi connectivity index (χ4n) is 4.04. The molecule has 134 valence electrons. The van der Waals surface area contributed by atoms with Gasteiger partial charge in [0.1, 0.15) is 24.2 Å². The van der Waals surface area contributed by atoms with Gasteiger partial charge in [-0.05, 0) is 12.6 Å². The summed E-state index contributed by atoms with van der Waals surface area (Å²) < 4.78 is 11.4. The minimum atomic E-state index is -0.593. The normalized spacial score (nSPS) is 34.3. The van der Waals surface area contributed by atoms with Crippen molar-refractivity contribution in [3.8, 4) is 0 Å². The van der Waals surface area contributed by atoms with Gasteiger partial charge in [0.2, 0.25) is 0 Å². The highest BCUT2D eigenvalue weighted by atomic mass is 79.9. The summed E-state index contributed by atoms with van der Waals surface area (Å²) in [5, 5.41) is 9.56. The summed E-state index contributed by atoms with van der Waals surface area (Å²) in [6.45, 7) is -0.226. The third kappa shape index (κ3) is 3.23. The maximum Gasteiger partial charge on any atom is 0.316 e. The van der Waals surface area contributed by atoms with Crippen molar-refractivity contribution in [2.24, 2.45) is 0 Å². The van der Waals surface area contributed by atoms with Crippen LogP contribution in [-0.4, -0.2) is 65.5 Å². The van der Waals surface area contributed by atoms with Crippen LogP contribution < -0.4 is 17.0 Å². The van der Waals surface area contributed by atoms with E-state index in [0.29, 0.717) is 24.3 Å². The van der Waals surface area contributed by atoms with E-state index in [4.69, 9.17) is 9.47 Å². The molecule has 0 spiro atoms. The van der Waals surface area contributed by atoms with E-state index in [2.05, 4.69) is 11.9 Å². The molecule has 2 bridgehead atoms. The zero-order chi connectivity index (χ0) is 15.3. The molecule has 1 aromatic carbocycles. The van der Waals surface area contributed by atoms with Gasteiger partial charge in [-0.15, -0.1) is 0 Å². The van der Waals surface area contributed by atoms with Crippen LogP contribution in [0.25, 0.3) is 0 Å². The lowest BCUT2D eigenvalue weighted by atomic mass is 9.97. The summed E-state index contributed by atoms with van der Waals surface area (Å²) in [6, 6.07) is 10.1. The summed E-state index contributed by atoms with van der Waals surface area (Å²) in [7, 11) is 2.13. The van der Waals surface area contributed by atoms with E-state index < -0.39 is 5.92 Å². The van der Waals surface area contributed by atoms with Gasteiger partial charge in [0.05, 0.1) is 6.61 Å². The van der Waals surface area contributed by atoms with E-state index >= 15 is 0 Å². The molecule has 4 rings (SSSR count). The molecular weight excluding hydrogens is 378 g/mol. The van der Waals surface area contributed by atoms with Crippen molar-refractivity contribution >= 4 is 5.97 Å². The number of hydrogen-bond donors (Lipinski definition) is 1. The molecule has 0 saturated carbocycles. The molecule has 0 aliphatic carbocycles. The summed E-state index contributed by atoms with van der Waals surface area (Å²) >= 11 is 0. The van der Waals surface area contributed by atoms with Gasteiger partial charge in [0.25, 0.3) is 0 Å². The Kier molecular flexibility index (Phi) is 6.04. The number of benzene rings is 1. The molecule has 3 aliphatic rings. The Morgan fingerprint density at radius 3 is 2.42 bits per heavy atom. The van der Waals surface area contributed by atoms with Crippen molar-refractivity contribution in [2.45, 2.75) is 49.2 Å². The van der Waals surface area contributed by atoms with Crippen LogP contribution in [0.1, 0.15) is 24.3 Å². The highest BCUT2D eigenvalue weighted by molar-refractivity contribution is 5.78. The topological polar surface area (TPSA) is 93.8 Å². The Bertz CT molecular complexity index is 553. The molecule has 0 aromatic heterocycles. The van der Waals surface area contributed by atoms with Gasteiger partial charge in [-0.25, -0.2) is 0 Å². The average Bonchev–Trinajstić information content (AvgIpc) is 3.27. The number of aliphatic hydroxyl groups excluding tert-OH is 1. The Morgan fingerprint density at radius 1 is 1.29 bits per heavy atom. The summed E-state index contributed by atoms with van der Waals surface area (Å²) in [5.74, 6) is -0.915. The van der Waals surface area contributed by atoms with E-state index in [-0.39, 0.29) is 41.1 Å². The predicted molar refractivity (Wildman–Crippen MR) is 83.0 cm³/mol. The van der Waals surface area contributed by atoms with Crippen LogP contribution in [-0.2, 0) is 14.3 Å². The number of esters is 1. The number of carbonyl (C=O) groups excluding carboxylic acids is 1. The van der Waals surface area contributed by atoms with Crippen LogP contribution in [0.3, 0.4) is 0 Å². The van der Waals surface area contributed by atoms with Gasteiger partial charge in [0, 0.05) is 24.9 Å². The van der Waals surface area contributed by atoms with Crippen LogP contribution >= 0.6 is 0 Å². The molecule has 3 N–H and O–H groups in total. The predicted octanol–water partition coefficient (Wildman–Crippen LogP) is -2.90. The fraction of sp³-hybridized carbons (Fsp3) is 0.588. The van der Waals surface area contributed by atoms with E-state index in [9.17, 15) is 9.90 Å². The van der Waals surface area contributed by atoms with Crippen LogP contribution in [0.5, 0.6) is 0 Å². The molecular formula is C17H23BrNO5-. The minimum Gasteiger partial charge on any atom is -1.00 e. The Balaban J connectivity index is 0.00000104. The average molecular weight is 401 g/mol. The number of epoxide rings is 1. The molecule has 0 radical (unpaired) electrons. The number of hydrogen-bond acceptors (Lipinski definition) is 5. The molecule has 1 unspecified atom stereocenters. The maximum absolute atomic E-state index is 12.4. The van der Waals surface area contributed by atoms with Crippen molar-refractivity contribution in [3.05, 3.63) is 35.9 Å². The molecule has 6 atom stereocenters. The monoisotopic (exact) mass is 400 g/mol. The molecule has 24 heavy (non-hydrogen) atoms. The van der Waals surface area contributed by atoms with Gasteiger partial charge in [-0.3, -0.25) is 9.69 Å². The second-order valence-electron chi connectivity index (χ2n) is 6.54. The number of rotatable bonds is 4. The number of ether oxygens (including phenoxy) is 2. The number of nitrogens with zero attached hydrogens (tertiary/aromatic N) is 1. The molecule has 3 saturated heterocycles. The first kappa shape index (κ1) is 19.3. The number of piperidine rings is 1. The first-order chi connectivity index (χ1) is 10.7. The molecule has 1 aromatic rings. The second-order valence-corrected chi connectivity index (χ2v) is 6.54. The summed E-state index contributed by atoms with van der Waals surface area (Å²) in [5.41, 5.74) is 0.803. The lowest BCUT2D eigenvalue weighted by Gasteiger charge is -2.38. The highest BCUT2D eigenvalue weighted by Gasteiger charge is 2.62. The number of aliphatic hydroxyl groups is 1. The smallest absolute Gasteiger partial charge is 0.316 e. The van der Waals surface area contributed by atoms with Gasteiger partial charge in [-0.2, -0.15) is 0 Å². The lowest BCUT2D eigenvalue weighted by Crippen LogP contribution is -3.00. The largest absolute Gasteiger partial charge is 1.00 e. The van der Waals surface area contributed by atoms with Gasteiger partial charge < -0.3 is 37.0 Å². The van der Waals surface area contributed by atoms with Crippen molar-refractivity contribution in [1.29, 1.82) is 0 Å². The Morgan fingerprint density at radius 2 is 1.88 bits per heavy atom. The first-order valence-corrected chi connectivity index (χ1v) is 7.92. The molecule has 3 aliphatic heterocycles. The van der Waals surface area contributed by atoms with Gasteiger partial charge in [0.15, 0.2) is 0 Å². The van der Waals surface area contributed by atoms with E-state index in [1.165, 1.54) is 0 Å². The van der Waals surface area contributed by atoms with Gasteiger partial charge >= 0.3 is 5.97 Å². The highest BCUT2D eigenvalue weighted by Crippen LogP contribution is 2.48. The van der Waals surface area contributed by atoms with Crippen molar-refractivity contribution in [1.82, 2.24) is 4.90 Å². The Labute approximate surface area is 151 Å². The molecule has 7 heteroatoms. The van der Waals surface area contributed by atoms with E-state index in [1.807, 2.05) is 30.3 Å². The number of morpholine rings is 1. The third-order valence-electron chi connectivity index (χ3n) is 5.33. The maximum atomic E-state index is 12.4. The number of halogens is 1. The minimum absolute atomic E-state index is 0. The van der Waals surface area contributed by atoms with Crippen LogP contribution in [0.4, 0.5) is 0 Å². The zero-order valence-electron chi connectivity index (χ0n) is 13.5. The molecule has 6 nitrogen and oxygen atoms in total. The first-order valence-electron chi connectivity index (χ1n) is 7.92. The third-order valence-corrected chi connectivity index (χ3v) is 5.33.